The van der Waals surface area contributed by atoms with Gasteiger partial charge in [0.05, 0.1) is 9.39 Å². The van der Waals surface area contributed by atoms with E-state index in [2.05, 4.69) is 12.1 Å². The molecular formula is C26H18N4O2+2. The van der Waals surface area contributed by atoms with Crippen LogP contribution in [-0.2, 0) is 6.42 Å². The number of azo groups is 4. The molecule has 1 spiro atoms. The van der Waals surface area contributed by atoms with Gasteiger partial charge in [0.1, 0.15) is 0 Å². The van der Waals surface area contributed by atoms with E-state index in [0.29, 0.717) is 17.9 Å². The van der Waals surface area contributed by atoms with Crippen LogP contribution in [0.2, 0.25) is 0 Å². The molecular weight excluding hydrogens is 400 g/mol. The molecule has 3 aliphatic heterocycles. The second-order valence-corrected chi connectivity index (χ2v) is 7.95. The first-order valence-electron chi connectivity index (χ1n) is 10.6. The zero-order valence-corrected chi connectivity index (χ0v) is 17.1. The van der Waals surface area contributed by atoms with Crippen molar-refractivity contribution in [1.29, 1.82) is 0 Å². The third-order valence-corrected chi connectivity index (χ3v) is 5.95. The van der Waals surface area contributed by atoms with Crippen LogP contribution < -0.4 is 9.47 Å². The summed E-state index contributed by atoms with van der Waals surface area (Å²) in [5, 5.41) is 10.0. The highest BCUT2D eigenvalue weighted by Gasteiger charge is 2.71. The highest BCUT2D eigenvalue weighted by molar-refractivity contribution is 5.62. The average molecular weight is 418 g/mol. The summed E-state index contributed by atoms with van der Waals surface area (Å²) in [5.41, 5.74) is 5.33. The summed E-state index contributed by atoms with van der Waals surface area (Å²) in [7, 11) is 0. The van der Waals surface area contributed by atoms with Crippen molar-refractivity contribution in [3.63, 3.8) is 0 Å². The van der Waals surface area contributed by atoms with Gasteiger partial charge in [0.25, 0.3) is 0 Å². The standard InChI is InChI=1S/C26H18N4O2/c1-3-11-20(12-4-1)29-26-30(21-13-5-2-6-14-21)28-23-16-8-10-19(25(23)32-26)17-18-9-7-15-22(27-29)24(18)31-26/h1-16H,17H2/q+2. The molecule has 0 saturated carbocycles. The second kappa shape index (κ2) is 6.34. The van der Waals surface area contributed by atoms with Gasteiger partial charge < -0.3 is 9.47 Å². The molecule has 32 heavy (non-hydrogen) atoms. The summed E-state index contributed by atoms with van der Waals surface area (Å²) in [6.45, 7) is 0. The van der Waals surface area contributed by atoms with Gasteiger partial charge in [0.15, 0.2) is 22.9 Å². The summed E-state index contributed by atoms with van der Waals surface area (Å²) >= 11 is 0. The van der Waals surface area contributed by atoms with E-state index in [1.165, 1.54) is 0 Å². The average Bonchev–Trinajstić information content (AvgIpc) is 2.84. The Bertz CT molecular complexity index is 1330. The van der Waals surface area contributed by atoms with Crippen LogP contribution in [0, 0.1) is 0 Å². The van der Waals surface area contributed by atoms with Crippen molar-refractivity contribution < 1.29 is 18.9 Å². The van der Waals surface area contributed by atoms with Crippen LogP contribution >= 0.6 is 0 Å². The van der Waals surface area contributed by atoms with Gasteiger partial charge in [-0.1, -0.05) is 60.7 Å². The molecule has 3 heterocycles. The molecule has 0 saturated heterocycles. The maximum Gasteiger partial charge on any atom is 0.762 e. The van der Waals surface area contributed by atoms with Gasteiger partial charge in [-0.25, -0.2) is 0 Å². The number of benzene rings is 4. The van der Waals surface area contributed by atoms with Crippen LogP contribution in [0.1, 0.15) is 11.1 Å². The van der Waals surface area contributed by atoms with Crippen molar-refractivity contribution >= 4 is 22.7 Å². The Hall–Kier alpha value is -4.32. The zero-order chi connectivity index (χ0) is 21.1. The minimum atomic E-state index is -1.45. The van der Waals surface area contributed by atoms with Crippen molar-refractivity contribution in [1.82, 2.24) is 0 Å². The molecule has 7 rings (SSSR count). The van der Waals surface area contributed by atoms with Crippen LogP contribution in [0.15, 0.2) is 107 Å². The van der Waals surface area contributed by atoms with Crippen molar-refractivity contribution in [2.24, 2.45) is 10.2 Å². The number of para-hydroxylation sites is 4. The van der Waals surface area contributed by atoms with Gasteiger partial charge in [-0.3, -0.25) is 0 Å². The van der Waals surface area contributed by atoms with Crippen molar-refractivity contribution in [2.75, 3.05) is 0 Å². The summed E-state index contributed by atoms with van der Waals surface area (Å²) in [4.78, 5) is 0. The van der Waals surface area contributed by atoms with E-state index in [1.807, 2.05) is 84.9 Å². The van der Waals surface area contributed by atoms with Crippen LogP contribution in [0.5, 0.6) is 11.5 Å². The molecule has 0 aliphatic carbocycles. The Labute approximate surface area is 184 Å². The minimum absolute atomic E-state index is 0.685. The minimum Gasteiger partial charge on any atom is -0.334 e. The predicted octanol–water partition coefficient (Wildman–Crippen LogP) is 6.54. The molecule has 4 aromatic rings. The van der Waals surface area contributed by atoms with Crippen molar-refractivity contribution in [2.45, 2.75) is 12.5 Å². The Balaban J connectivity index is 1.62. The normalized spacial score (nSPS) is 16.5. The SMILES string of the molecule is c1ccc([N+]2=Nc3cccc4c3OC23Oc2c(cccc2N=[N+]3c2ccccc2)C4)cc1. The first kappa shape index (κ1) is 17.4. The lowest BCUT2D eigenvalue weighted by Crippen LogP contribution is -2.59. The van der Waals surface area contributed by atoms with E-state index in [0.717, 1.165) is 33.9 Å². The maximum atomic E-state index is 6.77. The first-order valence-corrected chi connectivity index (χ1v) is 10.6. The smallest absolute Gasteiger partial charge is 0.334 e. The van der Waals surface area contributed by atoms with Crippen LogP contribution in [0.3, 0.4) is 0 Å². The van der Waals surface area contributed by atoms with Crippen LogP contribution in [-0.4, -0.2) is 15.4 Å². The molecule has 0 atom stereocenters. The molecule has 0 unspecified atom stereocenters. The molecule has 152 valence electrons. The lowest BCUT2D eigenvalue weighted by atomic mass is 10.0. The van der Waals surface area contributed by atoms with E-state index < -0.39 is 6.03 Å². The van der Waals surface area contributed by atoms with Crippen molar-refractivity contribution in [3.05, 3.63) is 108 Å². The van der Waals surface area contributed by atoms with E-state index in [1.54, 1.807) is 9.39 Å². The number of hydrogen-bond donors (Lipinski definition) is 0. The molecule has 6 nitrogen and oxygen atoms in total. The fourth-order valence-corrected chi connectivity index (χ4v) is 4.49. The molecule has 0 aromatic heterocycles. The van der Waals surface area contributed by atoms with Crippen molar-refractivity contribution in [3.8, 4) is 11.5 Å². The second-order valence-electron chi connectivity index (χ2n) is 7.95. The molecule has 4 aromatic carbocycles. The van der Waals surface area contributed by atoms with Gasteiger partial charge in [-0.2, -0.15) is 0 Å². The third-order valence-electron chi connectivity index (χ3n) is 5.95. The number of rotatable bonds is 2. The van der Waals surface area contributed by atoms with Crippen LogP contribution in [0.4, 0.5) is 22.7 Å². The highest BCUT2D eigenvalue weighted by atomic mass is 16.8. The number of ether oxygens (including phenoxy) is 2. The lowest BCUT2D eigenvalue weighted by Gasteiger charge is -2.31. The molecule has 3 bridgehead atoms. The number of hydrogen-bond acceptors (Lipinski definition) is 4. The molecule has 6 heteroatoms. The van der Waals surface area contributed by atoms with Gasteiger partial charge in [-0.15, -0.1) is 0 Å². The molecule has 0 radical (unpaired) electrons. The summed E-state index contributed by atoms with van der Waals surface area (Å²) in [5.74, 6) is 1.43. The Morgan fingerprint density at radius 3 is 1.50 bits per heavy atom. The largest absolute Gasteiger partial charge is 0.762 e. The molecule has 3 aliphatic rings. The molecule has 0 amide bonds. The maximum absolute atomic E-state index is 6.77. The number of nitrogens with zero attached hydrogens (tertiary/aromatic N) is 4. The fourth-order valence-electron chi connectivity index (χ4n) is 4.49. The first-order chi connectivity index (χ1) is 15.8. The van der Waals surface area contributed by atoms with E-state index in [-0.39, 0.29) is 0 Å². The molecule has 0 N–H and O–H groups in total. The Kier molecular flexibility index (Phi) is 3.44. The van der Waals surface area contributed by atoms with Gasteiger partial charge >= 0.3 is 6.03 Å². The van der Waals surface area contributed by atoms with E-state index >= 15 is 0 Å². The van der Waals surface area contributed by atoms with E-state index in [4.69, 9.17) is 19.7 Å². The Morgan fingerprint density at radius 2 is 1.03 bits per heavy atom. The Morgan fingerprint density at radius 1 is 0.562 bits per heavy atom. The summed E-state index contributed by atoms with van der Waals surface area (Å²) < 4.78 is 17.1. The predicted molar refractivity (Wildman–Crippen MR) is 117 cm³/mol. The van der Waals surface area contributed by atoms with Gasteiger partial charge in [-0.05, 0) is 12.1 Å². The molecule has 0 fully saturated rings. The van der Waals surface area contributed by atoms with Gasteiger partial charge in [0.2, 0.25) is 11.4 Å². The quantitative estimate of drug-likeness (QED) is 0.347. The fraction of sp³-hybridized carbons (Fsp3) is 0.0769. The topological polar surface area (TPSA) is 49.2 Å². The third kappa shape index (κ3) is 2.34. The lowest BCUT2D eigenvalue weighted by molar-refractivity contribution is -0.902. The zero-order valence-electron chi connectivity index (χ0n) is 17.1. The monoisotopic (exact) mass is 418 g/mol. The van der Waals surface area contributed by atoms with Crippen LogP contribution in [0.25, 0.3) is 0 Å². The highest BCUT2D eigenvalue weighted by Crippen LogP contribution is 2.51. The van der Waals surface area contributed by atoms with E-state index in [9.17, 15) is 0 Å². The summed E-state index contributed by atoms with van der Waals surface area (Å²) in [6.07, 6.45) is 0.685. The van der Waals surface area contributed by atoms with Gasteiger partial charge in [0, 0.05) is 52.0 Å². The summed E-state index contributed by atoms with van der Waals surface area (Å²) in [6, 6.07) is 30.5.